The van der Waals surface area contributed by atoms with Crippen LogP contribution in [-0.4, -0.2) is 80.6 Å². The molecule has 2 atom stereocenters. The Morgan fingerprint density at radius 1 is 0.596 bits per heavy atom. The Kier molecular flexibility index (Phi) is 33.1. The van der Waals surface area contributed by atoms with Crippen LogP contribution in [0.5, 0.6) is 0 Å². The highest BCUT2D eigenvalue weighted by molar-refractivity contribution is 5.72. The Hall–Kier alpha value is -2.97. The van der Waals surface area contributed by atoms with Crippen LogP contribution in [0.15, 0.2) is 60.8 Å². The largest absolute Gasteiger partial charge is 0.477 e. The van der Waals surface area contributed by atoms with Crippen LogP contribution < -0.4 is 0 Å². The van der Waals surface area contributed by atoms with Crippen LogP contribution in [0.25, 0.3) is 0 Å². The molecule has 8 nitrogen and oxygen atoms in total. The third-order valence-electron chi connectivity index (χ3n) is 8.68. The minimum atomic E-state index is -0.886. The maximum absolute atomic E-state index is 12.7. The molecule has 0 spiro atoms. The fourth-order valence-electron chi connectivity index (χ4n) is 5.54. The van der Waals surface area contributed by atoms with Gasteiger partial charge in [-0.1, -0.05) is 139 Å². The number of carbonyl (C=O) groups excluding carboxylic acids is 2. The summed E-state index contributed by atoms with van der Waals surface area (Å²) in [5.41, 5.74) is 0. The smallest absolute Gasteiger partial charge is 0.362 e. The maximum atomic E-state index is 12.7. The monoisotopic (exact) mass is 731 g/mol. The van der Waals surface area contributed by atoms with Gasteiger partial charge in [0.25, 0.3) is 0 Å². The number of aliphatic carboxylic acids is 1. The molecule has 298 valence electrons. The molecule has 0 amide bonds. The molecular weight excluding hydrogens is 654 g/mol. The quantitative estimate of drug-likeness (QED) is 0.0300. The topological polar surface area (TPSA) is 99.1 Å². The fourth-order valence-corrected chi connectivity index (χ4v) is 5.54. The van der Waals surface area contributed by atoms with E-state index in [0.717, 1.165) is 57.8 Å². The molecule has 0 aromatic rings. The molecule has 0 aliphatic heterocycles. The van der Waals surface area contributed by atoms with Gasteiger partial charge in [-0.15, -0.1) is 0 Å². The van der Waals surface area contributed by atoms with Crippen molar-refractivity contribution in [3.05, 3.63) is 60.8 Å². The van der Waals surface area contributed by atoms with E-state index >= 15 is 0 Å². The molecule has 0 aromatic carbocycles. The molecule has 0 fully saturated rings. The summed E-state index contributed by atoms with van der Waals surface area (Å²) in [6.07, 6.45) is 41.3. The van der Waals surface area contributed by atoms with Gasteiger partial charge in [-0.2, -0.15) is 0 Å². The van der Waals surface area contributed by atoms with E-state index in [4.69, 9.17) is 14.2 Å². The number of hydrogen-bond acceptors (Lipinski definition) is 6. The van der Waals surface area contributed by atoms with Crippen LogP contribution in [-0.2, 0) is 28.6 Å². The number of allylic oxidation sites excluding steroid dienone is 10. The van der Waals surface area contributed by atoms with Gasteiger partial charge in [-0.05, 0) is 51.4 Å². The lowest BCUT2D eigenvalue weighted by Gasteiger charge is -2.31. The summed E-state index contributed by atoms with van der Waals surface area (Å²) < 4.78 is 17.2. The van der Waals surface area contributed by atoms with E-state index in [2.05, 4.69) is 74.6 Å². The molecule has 0 aromatic heterocycles. The number of hydrogen-bond donors (Lipinski definition) is 1. The number of rotatable bonds is 35. The first-order chi connectivity index (χ1) is 25.1. The summed E-state index contributed by atoms with van der Waals surface area (Å²) in [5, 5.41) is 9.59. The first kappa shape index (κ1) is 49.0. The molecule has 0 aliphatic carbocycles. The molecule has 1 N–H and O–H groups in total. The summed E-state index contributed by atoms with van der Waals surface area (Å²) >= 11 is 0. The number of ether oxygens (including phenoxy) is 3. The summed E-state index contributed by atoms with van der Waals surface area (Å²) in [6, 6.07) is -0.624. The first-order valence-corrected chi connectivity index (χ1v) is 20.3. The van der Waals surface area contributed by atoms with Gasteiger partial charge in [0.1, 0.15) is 6.61 Å². The third kappa shape index (κ3) is 32.9. The molecule has 2 unspecified atom stereocenters. The van der Waals surface area contributed by atoms with Crippen molar-refractivity contribution in [2.24, 2.45) is 0 Å². The molecule has 0 saturated carbocycles. The number of quaternary nitrogens is 1. The summed E-state index contributed by atoms with van der Waals surface area (Å²) in [5.74, 6) is -1.55. The van der Waals surface area contributed by atoms with Gasteiger partial charge in [-0.3, -0.25) is 9.59 Å². The molecule has 0 rings (SSSR count). The van der Waals surface area contributed by atoms with Crippen LogP contribution in [0.1, 0.15) is 149 Å². The Morgan fingerprint density at radius 2 is 1.08 bits per heavy atom. The standard InChI is InChI=1S/C44H75NO7/c1-6-8-10-12-14-16-18-19-20-21-22-23-25-27-29-31-33-35-43(47)52-40(38-50-37-36-41(44(48)49)45(3,4)5)39-51-42(46)34-32-30-28-26-24-17-15-13-11-9-7-2/h8,10,14,16,19-20,22-23,27,29,40-41H,6-7,9,11-13,15,17-18,21,24-26,28,30-39H2,1-5H3/p+1/b10-8-,16-14-,20-19-,23-22-,29-27-. The molecule has 0 aliphatic rings. The van der Waals surface area contributed by atoms with E-state index in [1.165, 1.54) is 51.4 Å². The highest BCUT2D eigenvalue weighted by Crippen LogP contribution is 2.13. The van der Waals surface area contributed by atoms with Crippen molar-refractivity contribution in [2.45, 2.75) is 161 Å². The van der Waals surface area contributed by atoms with Crippen molar-refractivity contribution in [1.82, 2.24) is 0 Å². The molecule has 0 bridgehead atoms. The van der Waals surface area contributed by atoms with Crippen molar-refractivity contribution < 1.29 is 38.2 Å². The van der Waals surface area contributed by atoms with Crippen molar-refractivity contribution >= 4 is 17.9 Å². The van der Waals surface area contributed by atoms with Gasteiger partial charge in [0.05, 0.1) is 34.4 Å². The molecule has 0 heterocycles. The highest BCUT2D eigenvalue weighted by Gasteiger charge is 2.31. The first-order valence-electron chi connectivity index (χ1n) is 20.3. The van der Waals surface area contributed by atoms with Crippen LogP contribution in [0.2, 0.25) is 0 Å². The lowest BCUT2D eigenvalue weighted by molar-refractivity contribution is -0.887. The third-order valence-corrected chi connectivity index (χ3v) is 8.68. The Morgan fingerprint density at radius 3 is 1.58 bits per heavy atom. The normalized spacial score (nSPS) is 13.6. The number of likely N-dealkylation sites (N-methyl/N-ethyl adjacent to an activating group) is 1. The van der Waals surface area contributed by atoms with Crippen molar-refractivity contribution in [3.8, 4) is 0 Å². The van der Waals surface area contributed by atoms with E-state index < -0.39 is 18.1 Å². The van der Waals surface area contributed by atoms with E-state index in [0.29, 0.717) is 19.3 Å². The predicted octanol–water partition coefficient (Wildman–Crippen LogP) is 10.6. The molecule has 0 radical (unpaired) electrons. The second-order valence-corrected chi connectivity index (χ2v) is 14.5. The zero-order valence-electron chi connectivity index (χ0n) is 33.7. The van der Waals surface area contributed by atoms with Gasteiger partial charge >= 0.3 is 17.9 Å². The average Bonchev–Trinajstić information content (AvgIpc) is 3.09. The van der Waals surface area contributed by atoms with Crippen molar-refractivity contribution in [2.75, 3.05) is 41.0 Å². The zero-order chi connectivity index (χ0) is 38.5. The minimum absolute atomic E-state index is 0.0374. The summed E-state index contributed by atoms with van der Waals surface area (Å²) in [4.78, 5) is 36.8. The Balaban J connectivity index is 4.51. The van der Waals surface area contributed by atoms with E-state index in [1.54, 1.807) is 0 Å². The van der Waals surface area contributed by atoms with E-state index in [9.17, 15) is 19.5 Å². The number of carboxylic acid groups (broad SMARTS) is 1. The highest BCUT2D eigenvalue weighted by atomic mass is 16.6. The second kappa shape index (κ2) is 35.1. The number of carboxylic acids is 1. The van der Waals surface area contributed by atoms with Gasteiger partial charge < -0.3 is 23.8 Å². The number of nitrogens with zero attached hydrogens (tertiary/aromatic N) is 1. The van der Waals surface area contributed by atoms with Gasteiger partial charge in [0, 0.05) is 19.3 Å². The zero-order valence-corrected chi connectivity index (χ0v) is 33.7. The van der Waals surface area contributed by atoms with Crippen molar-refractivity contribution in [1.29, 1.82) is 0 Å². The van der Waals surface area contributed by atoms with Gasteiger partial charge in [0.15, 0.2) is 12.1 Å². The van der Waals surface area contributed by atoms with Gasteiger partial charge in [-0.25, -0.2) is 4.79 Å². The average molecular weight is 731 g/mol. The molecule has 8 heteroatoms. The minimum Gasteiger partial charge on any atom is -0.477 e. The van der Waals surface area contributed by atoms with E-state index in [-0.39, 0.29) is 42.7 Å². The number of carbonyl (C=O) groups is 3. The molecule has 0 saturated heterocycles. The predicted molar refractivity (Wildman–Crippen MR) is 215 cm³/mol. The van der Waals surface area contributed by atoms with Crippen LogP contribution in [0, 0.1) is 0 Å². The number of esters is 2. The summed E-state index contributed by atoms with van der Waals surface area (Å²) in [6.45, 7) is 4.53. The maximum Gasteiger partial charge on any atom is 0.362 e. The van der Waals surface area contributed by atoms with E-state index in [1.807, 2.05) is 21.1 Å². The molecule has 52 heavy (non-hydrogen) atoms. The SMILES string of the molecule is CC/C=C\C/C=C\C/C=C\C/C=C\C/C=C\CCCC(=O)OC(COCCC(C(=O)O)[N+](C)(C)C)COC(=O)CCCCCCCCCCCCC. The van der Waals surface area contributed by atoms with Crippen LogP contribution in [0.4, 0.5) is 0 Å². The molecular formula is C44H76NO7+. The summed E-state index contributed by atoms with van der Waals surface area (Å²) in [7, 11) is 5.49. The van der Waals surface area contributed by atoms with Gasteiger partial charge in [0.2, 0.25) is 0 Å². The lowest BCUT2D eigenvalue weighted by Crippen LogP contribution is -2.50. The second-order valence-electron chi connectivity index (χ2n) is 14.5. The van der Waals surface area contributed by atoms with Crippen LogP contribution in [0.3, 0.4) is 0 Å². The van der Waals surface area contributed by atoms with Crippen LogP contribution >= 0.6 is 0 Å². The Labute approximate surface area is 318 Å². The van der Waals surface area contributed by atoms with Crippen molar-refractivity contribution in [3.63, 3.8) is 0 Å². The lowest BCUT2D eigenvalue weighted by atomic mass is 10.1. The number of unbranched alkanes of at least 4 members (excludes halogenated alkanes) is 11. The fraction of sp³-hybridized carbons (Fsp3) is 0.705. The Bertz CT molecular complexity index is 1040.